The van der Waals surface area contributed by atoms with Crippen LogP contribution in [0.3, 0.4) is 0 Å². The van der Waals surface area contributed by atoms with Crippen LogP contribution in [0.2, 0.25) is 10.0 Å². The highest BCUT2D eigenvalue weighted by molar-refractivity contribution is 7.99. The molecule has 0 atom stereocenters. The molecule has 0 aliphatic carbocycles. The van der Waals surface area contributed by atoms with Gasteiger partial charge in [-0.25, -0.2) is 0 Å². The Labute approximate surface area is 186 Å². The van der Waals surface area contributed by atoms with Gasteiger partial charge in [0.1, 0.15) is 28.9 Å². The molecule has 3 heterocycles. The molecule has 0 fully saturated rings. The Kier molecular flexibility index (Phi) is 6.47. The van der Waals surface area contributed by atoms with Gasteiger partial charge < -0.3 is 13.6 Å². The summed E-state index contributed by atoms with van der Waals surface area (Å²) < 4.78 is 18.5. The molecule has 0 saturated heterocycles. The molecule has 4 aromatic rings. The second kappa shape index (κ2) is 9.42. The summed E-state index contributed by atoms with van der Waals surface area (Å²) in [7, 11) is 0. The lowest BCUT2D eigenvalue weighted by Crippen LogP contribution is -1.96. The summed E-state index contributed by atoms with van der Waals surface area (Å²) in [6.45, 7) is 2.24. The van der Waals surface area contributed by atoms with Crippen molar-refractivity contribution < 1.29 is 13.6 Å². The van der Waals surface area contributed by atoms with E-state index in [1.54, 1.807) is 59.6 Å². The van der Waals surface area contributed by atoms with E-state index in [1.165, 1.54) is 11.8 Å². The van der Waals surface area contributed by atoms with Crippen molar-refractivity contribution in [1.82, 2.24) is 14.9 Å². The maximum absolute atomic E-state index is 6.14. The van der Waals surface area contributed by atoms with Crippen molar-refractivity contribution in [3.63, 3.8) is 0 Å². The number of rotatable bonds is 8. The lowest BCUT2D eigenvalue weighted by molar-refractivity contribution is 0.270. The number of thioether (sulfide) groups is 1. The minimum Gasteiger partial charge on any atom is -0.484 e. The predicted molar refractivity (Wildman–Crippen MR) is 117 cm³/mol. The first-order valence-electron chi connectivity index (χ1n) is 8.97. The second-order valence-corrected chi connectivity index (χ2v) is 7.93. The van der Waals surface area contributed by atoms with Gasteiger partial charge in [-0.3, -0.25) is 0 Å². The maximum Gasteiger partial charge on any atom is 0.221 e. The molecular weight excluding hydrogens is 447 g/mol. The monoisotopic (exact) mass is 462 g/mol. The van der Waals surface area contributed by atoms with Crippen molar-refractivity contribution in [3.05, 3.63) is 70.3 Å². The molecule has 30 heavy (non-hydrogen) atoms. The molecule has 0 aliphatic rings. The zero-order valence-electron chi connectivity index (χ0n) is 15.8. The third-order valence-electron chi connectivity index (χ3n) is 3.90. The van der Waals surface area contributed by atoms with Crippen LogP contribution in [0.4, 0.5) is 0 Å². The van der Waals surface area contributed by atoms with Gasteiger partial charge >= 0.3 is 0 Å². The summed E-state index contributed by atoms with van der Waals surface area (Å²) in [4.78, 5) is 0. The zero-order chi connectivity index (χ0) is 20.9. The SMILES string of the molecule is CCSc1nnc(-c2ccco2)n1N=Cc1ccc(COc2cccc(Cl)c2Cl)o1. The fraction of sp³-hybridized carbons (Fsp3) is 0.150. The molecule has 0 aliphatic heterocycles. The maximum atomic E-state index is 6.14. The molecule has 0 amide bonds. The minimum atomic E-state index is 0.203. The van der Waals surface area contributed by atoms with E-state index in [-0.39, 0.29) is 6.61 Å². The average Bonchev–Trinajstić information content (AvgIpc) is 3.49. The molecule has 10 heteroatoms. The van der Waals surface area contributed by atoms with Crippen LogP contribution < -0.4 is 4.74 Å². The summed E-state index contributed by atoms with van der Waals surface area (Å²) in [5.74, 6) is 3.58. The van der Waals surface area contributed by atoms with Gasteiger partial charge in [-0.15, -0.1) is 10.2 Å². The number of benzene rings is 1. The highest BCUT2D eigenvalue weighted by Crippen LogP contribution is 2.32. The largest absolute Gasteiger partial charge is 0.484 e. The van der Waals surface area contributed by atoms with Gasteiger partial charge in [0.15, 0.2) is 5.76 Å². The number of aromatic nitrogens is 3. The van der Waals surface area contributed by atoms with E-state index in [9.17, 15) is 0 Å². The Morgan fingerprint density at radius 2 is 2.07 bits per heavy atom. The lowest BCUT2D eigenvalue weighted by Gasteiger charge is -2.07. The fourth-order valence-electron chi connectivity index (χ4n) is 2.55. The fourth-order valence-corrected chi connectivity index (χ4v) is 3.51. The van der Waals surface area contributed by atoms with E-state index >= 15 is 0 Å². The lowest BCUT2D eigenvalue weighted by atomic mass is 10.3. The number of nitrogens with zero attached hydrogens (tertiary/aromatic N) is 4. The molecule has 0 N–H and O–H groups in total. The normalized spacial score (nSPS) is 11.4. The van der Waals surface area contributed by atoms with Crippen LogP contribution in [-0.4, -0.2) is 26.8 Å². The molecule has 3 aromatic heterocycles. The molecule has 0 radical (unpaired) electrons. The summed E-state index contributed by atoms with van der Waals surface area (Å²) in [6.07, 6.45) is 3.17. The zero-order valence-corrected chi connectivity index (χ0v) is 18.1. The van der Waals surface area contributed by atoms with Crippen LogP contribution in [0.1, 0.15) is 18.4 Å². The summed E-state index contributed by atoms with van der Waals surface area (Å²) >= 11 is 13.7. The number of halogens is 2. The van der Waals surface area contributed by atoms with Gasteiger partial charge in [-0.2, -0.15) is 9.78 Å². The molecule has 0 unspecified atom stereocenters. The van der Waals surface area contributed by atoms with E-state index < -0.39 is 0 Å². The van der Waals surface area contributed by atoms with E-state index in [0.717, 1.165) is 5.75 Å². The van der Waals surface area contributed by atoms with Crippen LogP contribution in [0.25, 0.3) is 11.6 Å². The Balaban J connectivity index is 1.50. The van der Waals surface area contributed by atoms with Crippen LogP contribution in [0, 0.1) is 0 Å². The minimum absolute atomic E-state index is 0.203. The van der Waals surface area contributed by atoms with Crippen molar-refractivity contribution >= 4 is 41.2 Å². The second-order valence-electron chi connectivity index (χ2n) is 5.92. The van der Waals surface area contributed by atoms with Crippen LogP contribution >= 0.6 is 35.0 Å². The first-order chi connectivity index (χ1) is 14.7. The van der Waals surface area contributed by atoms with Gasteiger partial charge in [0.2, 0.25) is 11.0 Å². The summed E-state index contributed by atoms with van der Waals surface area (Å²) in [5, 5.41) is 14.3. The van der Waals surface area contributed by atoms with Crippen molar-refractivity contribution in [2.24, 2.45) is 5.10 Å². The molecule has 7 nitrogen and oxygen atoms in total. The topological polar surface area (TPSA) is 78.6 Å². The van der Waals surface area contributed by atoms with Gasteiger partial charge in [0, 0.05) is 0 Å². The van der Waals surface area contributed by atoms with E-state index in [4.69, 9.17) is 36.8 Å². The predicted octanol–water partition coefficient (Wildman–Crippen LogP) is 6.01. The Hall–Kier alpha value is -2.68. The molecular formula is C20H16Cl2N4O3S. The quantitative estimate of drug-likeness (QED) is 0.235. The van der Waals surface area contributed by atoms with Gasteiger partial charge in [-0.1, -0.05) is 48.0 Å². The highest BCUT2D eigenvalue weighted by atomic mass is 35.5. The van der Waals surface area contributed by atoms with Crippen molar-refractivity contribution in [2.45, 2.75) is 18.7 Å². The first kappa shape index (κ1) is 20.6. The molecule has 0 saturated carbocycles. The standard InChI is InChI=1S/C20H16Cl2N4O3S/c1-2-30-20-25-24-19(17-7-4-10-27-17)26(20)23-11-13-8-9-14(29-13)12-28-16-6-3-5-15(21)18(16)22/h3-11H,2,12H2,1H3. The average molecular weight is 463 g/mol. The molecule has 4 rings (SSSR count). The number of hydrogen-bond donors (Lipinski definition) is 0. The molecule has 154 valence electrons. The van der Waals surface area contributed by atoms with Gasteiger partial charge in [0.25, 0.3) is 0 Å². The van der Waals surface area contributed by atoms with E-state index in [1.807, 2.05) is 6.92 Å². The summed E-state index contributed by atoms with van der Waals surface area (Å²) in [5.41, 5.74) is 0. The number of hydrogen-bond acceptors (Lipinski definition) is 7. The van der Waals surface area contributed by atoms with Crippen molar-refractivity contribution in [2.75, 3.05) is 5.75 Å². The molecule has 0 spiro atoms. The highest BCUT2D eigenvalue weighted by Gasteiger charge is 2.15. The van der Waals surface area contributed by atoms with E-state index in [0.29, 0.717) is 44.1 Å². The Morgan fingerprint density at radius 3 is 2.87 bits per heavy atom. The van der Waals surface area contributed by atoms with E-state index in [2.05, 4.69) is 15.3 Å². The smallest absolute Gasteiger partial charge is 0.221 e. The number of ether oxygens (including phenoxy) is 1. The number of furan rings is 2. The van der Waals surface area contributed by atoms with Gasteiger partial charge in [0.05, 0.1) is 17.5 Å². The van der Waals surface area contributed by atoms with Gasteiger partial charge in [-0.05, 0) is 42.2 Å². The Bertz CT molecular complexity index is 1150. The van der Waals surface area contributed by atoms with Crippen molar-refractivity contribution in [1.29, 1.82) is 0 Å². The van der Waals surface area contributed by atoms with Crippen LogP contribution in [0.15, 0.2) is 67.8 Å². The Morgan fingerprint density at radius 1 is 1.17 bits per heavy atom. The van der Waals surface area contributed by atoms with Crippen LogP contribution in [-0.2, 0) is 6.61 Å². The summed E-state index contributed by atoms with van der Waals surface area (Å²) in [6, 6.07) is 12.4. The molecule has 0 bridgehead atoms. The molecule has 1 aromatic carbocycles. The third-order valence-corrected chi connectivity index (χ3v) is 5.50. The van der Waals surface area contributed by atoms with Crippen molar-refractivity contribution in [3.8, 4) is 17.3 Å². The first-order valence-corrected chi connectivity index (χ1v) is 10.7. The third kappa shape index (κ3) is 4.56. The van der Waals surface area contributed by atoms with Crippen LogP contribution in [0.5, 0.6) is 5.75 Å².